The third kappa shape index (κ3) is 4.72. The average molecular weight is 404 g/mol. The van der Waals surface area contributed by atoms with Gasteiger partial charge in [0.1, 0.15) is 5.82 Å². The summed E-state index contributed by atoms with van der Waals surface area (Å²) >= 11 is 6.91. The molecule has 0 unspecified atom stereocenters. The second-order valence-corrected chi connectivity index (χ2v) is 6.79. The Labute approximate surface area is 164 Å². The minimum atomic E-state index is -0.588. The van der Waals surface area contributed by atoms with Crippen LogP contribution in [0.3, 0.4) is 0 Å². The lowest BCUT2D eigenvalue weighted by atomic mass is 10.3. The van der Waals surface area contributed by atoms with Crippen LogP contribution in [0.25, 0.3) is 11.4 Å². The third-order valence-corrected chi connectivity index (χ3v) is 4.69. The van der Waals surface area contributed by atoms with Crippen LogP contribution in [-0.4, -0.2) is 31.4 Å². The maximum absolute atomic E-state index is 13.8. The van der Waals surface area contributed by atoms with Crippen LogP contribution < -0.4 is 5.32 Å². The molecular formula is C18H15ClFN5OS. The summed E-state index contributed by atoms with van der Waals surface area (Å²) in [7, 11) is 0. The number of anilines is 1. The predicted molar refractivity (Wildman–Crippen MR) is 104 cm³/mol. The minimum Gasteiger partial charge on any atom is -0.323 e. The van der Waals surface area contributed by atoms with Crippen LogP contribution in [0.4, 0.5) is 10.1 Å². The van der Waals surface area contributed by atoms with Crippen molar-refractivity contribution in [1.82, 2.24) is 19.7 Å². The van der Waals surface area contributed by atoms with Gasteiger partial charge in [-0.25, -0.2) is 4.39 Å². The number of amides is 1. The molecule has 27 heavy (non-hydrogen) atoms. The molecule has 1 amide bonds. The van der Waals surface area contributed by atoms with E-state index in [4.69, 9.17) is 11.6 Å². The van der Waals surface area contributed by atoms with Crippen LogP contribution >= 0.6 is 23.4 Å². The lowest BCUT2D eigenvalue weighted by Crippen LogP contribution is -2.15. The molecule has 1 N–H and O–H groups in total. The number of carbonyl (C=O) groups excluding carboxylic acids is 1. The van der Waals surface area contributed by atoms with Crippen molar-refractivity contribution >= 4 is 35.0 Å². The van der Waals surface area contributed by atoms with Crippen molar-refractivity contribution in [3.8, 4) is 11.4 Å². The molecule has 9 heteroatoms. The van der Waals surface area contributed by atoms with Crippen molar-refractivity contribution in [3.05, 3.63) is 66.2 Å². The van der Waals surface area contributed by atoms with E-state index in [0.29, 0.717) is 17.5 Å². The molecule has 0 spiro atoms. The molecular weight excluding hydrogens is 389 g/mol. The monoisotopic (exact) mass is 403 g/mol. The van der Waals surface area contributed by atoms with Crippen LogP contribution in [0.5, 0.6) is 0 Å². The predicted octanol–water partition coefficient (Wildman–Crippen LogP) is 4.05. The zero-order chi connectivity index (χ0) is 19.2. The molecule has 0 aliphatic heterocycles. The number of carbonyl (C=O) groups is 1. The number of benzene rings is 1. The Balaban J connectivity index is 1.71. The number of pyridine rings is 1. The highest BCUT2D eigenvalue weighted by atomic mass is 35.5. The lowest BCUT2D eigenvalue weighted by molar-refractivity contribution is -0.113. The minimum absolute atomic E-state index is 0.0460. The first kappa shape index (κ1) is 19.1. The Bertz CT molecular complexity index is 964. The Morgan fingerprint density at radius 3 is 2.93 bits per heavy atom. The van der Waals surface area contributed by atoms with Crippen LogP contribution in [0.2, 0.25) is 5.02 Å². The average Bonchev–Trinajstić information content (AvgIpc) is 3.06. The van der Waals surface area contributed by atoms with Crippen LogP contribution in [0.1, 0.15) is 0 Å². The molecule has 2 aromatic heterocycles. The van der Waals surface area contributed by atoms with E-state index in [1.807, 2.05) is 16.7 Å². The van der Waals surface area contributed by atoms with E-state index >= 15 is 0 Å². The summed E-state index contributed by atoms with van der Waals surface area (Å²) in [5.41, 5.74) is 0.889. The van der Waals surface area contributed by atoms with Crippen LogP contribution in [0.15, 0.2) is 60.5 Å². The first-order valence-electron chi connectivity index (χ1n) is 7.90. The molecule has 0 radical (unpaired) electrons. The number of halogens is 2. The summed E-state index contributed by atoms with van der Waals surface area (Å²) in [5.74, 6) is -0.272. The first-order chi connectivity index (χ1) is 13.1. The van der Waals surface area contributed by atoms with E-state index in [1.54, 1.807) is 18.5 Å². The van der Waals surface area contributed by atoms with E-state index in [0.717, 1.165) is 11.6 Å². The number of hydrogen-bond donors (Lipinski definition) is 1. The smallest absolute Gasteiger partial charge is 0.234 e. The van der Waals surface area contributed by atoms with Crippen molar-refractivity contribution in [2.75, 3.05) is 11.1 Å². The van der Waals surface area contributed by atoms with Crippen molar-refractivity contribution in [3.63, 3.8) is 0 Å². The molecule has 0 saturated heterocycles. The summed E-state index contributed by atoms with van der Waals surface area (Å²) in [4.78, 5) is 16.2. The summed E-state index contributed by atoms with van der Waals surface area (Å²) in [6, 6.07) is 7.75. The van der Waals surface area contributed by atoms with Gasteiger partial charge in [-0.05, 0) is 30.3 Å². The summed E-state index contributed by atoms with van der Waals surface area (Å²) in [6.07, 6.45) is 5.08. The SMILES string of the molecule is C=CCn1c(SCC(=O)Nc2ccc(Cl)cc2F)nnc1-c1cccnc1. The topological polar surface area (TPSA) is 72.7 Å². The van der Waals surface area contributed by atoms with Gasteiger partial charge in [-0.1, -0.05) is 29.4 Å². The van der Waals surface area contributed by atoms with Crippen molar-refractivity contribution < 1.29 is 9.18 Å². The highest BCUT2D eigenvalue weighted by molar-refractivity contribution is 7.99. The van der Waals surface area contributed by atoms with Crippen molar-refractivity contribution in [2.24, 2.45) is 0 Å². The van der Waals surface area contributed by atoms with Crippen LogP contribution in [-0.2, 0) is 11.3 Å². The van der Waals surface area contributed by atoms with Gasteiger partial charge >= 0.3 is 0 Å². The molecule has 0 saturated carbocycles. The van der Waals surface area contributed by atoms with Gasteiger partial charge in [0.2, 0.25) is 5.91 Å². The number of aromatic nitrogens is 4. The Hall–Kier alpha value is -2.71. The fourth-order valence-electron chi connectivity index (χ4n) is 2.30. The molecule has 138 valence electrons. The first-order valence-corrected chi connectivity index (χ1v) is 9.27. The molecule has 0 aliphatic rings. The standard InChI is InChI=1S/C18H15ClFN5OS/c1-2-8-25-17(12-4-3-7-21-10-12)23-24-18(25)27-11-16(26)22-15-6-5-13(19)9-14(15)20/h2-7,9-10H,1,8,11H2,(H,22,26). The van der Waals surface area contributed by atoms with Gasteiger partial charge in [0.25, 0.3) is 0 Å². The fourth-order valence-corrected chi connectivity index (χ4v) is 3.21. The Morgan fingerprint density at radius 2 is 2.22 bits per heavy atom. The van der Waals surface area contributed by atoms with Gasteiger partial charge in [0.15, 0.2) is 11.0 Å². The number of thioether (sulfide) groups is 1. The number of allylic oxidation sites excluding steroid dienone is 1. The van der Waals surface area contributed by atoms with E-state index in [1.165, 1.54) is 23.9 Å². The van der Waals surface area contributed by atoms with Crippen molar-refractivity contribution in [2.45, 2.75) is 11.7 Å². The van der Waals surface area contributed by atoms with Gasteiger partial charge in [0.05, 0.1) is 11.4 Å². The highest BCUT2D eigenvalue weighted by Crippen LogP contribution is 2.24. The maximum atomic E-state index is 13.8. The summed E-state index contributed by atoms with van der Waals surface area (Å²) in [6.45, 7) is 4.23. The Morgan fingerprint density at radius 1 is 1.37 bits per heavy atom. The quantitative estimate of drug-likeness (QED) is 0.476. The van der Waals surface area contributed by atoms with Gasteiger partial charge < -0.3 is 5.32 Å². The van der Waals surface area contributed by atoms with Gasteiger partial charge in [-0.3, -0.25) is 14.3 Å². The van der Waals surface area contributed by atoms with E-state index < -0.39 is 5.82 Å². The number of nitrogens with one attached hydrogen (secondary N) is 1. The van der Waals surface area contributed by atoms with Crippen LogP contribution in [0, 0.1) is 5.82 Å². The van der Waals surface area contributed by atoms with E-state index in [-0.39, 0.29) is 22.4 Å². The van der Waals surface area contributed by atoms with E-state index in [9.17, 15) is 9.18 Å². The van der Waals surface area contributed by atoms with Gasteiger partial charge in [-0.2, -0.15) is 0 Å². The molecule has 1 aromatic carbocycles. The molecule has 0 atom stereocenters. The van der Waals surface area contributed by atoms with Gasteiger partial charge in [0, 0.05) is 29.5 Å². The van der Waals surface area contributed by atoms with Gasteiger partial charge in [-0.15, -0.1) is 16.8 Å². The highest BCUT2D eigenvalue weighted by Gasteiger charge is 2.15. The molecule has 3 rings (SSSR count). The second kappa shape index (κ2) is 8.79. The molecule has 6 nitrogen and oxygen atoms in total. The fraction of sp³-hybridized carbons (Fsp3) is 0.111. The Kier molecular flexibility index (Phi) is 6.20. The van der Waals surface area contributed by atoms with E-state index in [2.05, 4.69) is 27.1 Å². The summed E-state index contributed by atoms with van der Waals surface area (Å²) < 4.78 is 15.6. The number of rotatable bonds is 7. The normalized spacial score (nSPS) is 10.6. The van der Waals surface area contributed by atoms with Crippen molar-refractivity contribution in [1.29, 1.82) is 0 Å². The zero-order valence-electron chi connectivity index (χ0n) is 14.1. The number of nitrogens with zero attached hydrogens (tertiary/aromatic N) is 4. The summed E-state index contributed by atoms with van der Waals surface area (Å²) in [5, 5.41) is 11.7. The molecule has 2 heterocycles. The molecule has 0 bridgehead atoms. The zero-order valence-corrected chi connectivity index (χ0v) is 15.7. The molecule has 3 aromatic rings. The lowest BCUT2D eigenvalue weighted by Gasteiger charge is -2.08. The maximum Gasteiger partial charge on any atom is 0.234 e. The molecule has 0 fully saturated rings. The third-order valence-electron chi connectivity index (χ3n) is 3.49. The largest absolute Gasteiger partial charge is 0.323 e. The number of hydrogen-bond acceptors (Lipinski definition) is 5. The second-order valence-electron chi connectivity index (χ2n) is 5.41. The molecule has 0 aliphatic carbocycles.